The Labute approximate surface area is 109 Å². The molecule has 17 heavy (non-hydrogen) atoms. The van der Waals surface area contributed by atoms with Gasteiger partial charge in [-0.05, 0) is 53.4 Å². The molecule has 3 N–H and O–H groups in total. The van der Waals surface area contributed by atoms with Gasteiger partial charge in [0.05, 0.1) is 0 Å². The minimum atomic E-state index is -0.0361. The highest BCUT2D eigenvalue weighted by molar-refractivity contribution is 9.10. The Morgan fingerprint density at radius 3 is 2.88 bits per heavy atom. The number of nitrogens with one attached hydrogen (secondary N) is 1. The molecule has 0 bridgehead atoms. The van der Waals surface area contributed by atoms with E-state index in [2.05, 4.69) is 33.4 Å². The van der Waals surface area contributed by atoms with Crippen LogP contribution in [0.3, 0.4) is 0 Å². The minimum Gasteiger partial charge on any atom is -0.398 e. The van der Waals surface area contributed by atoms with E-state index in [4.69, 9.17) is 5.73 Å². The van der Waals surface area contributed by atoms with Crippen LogP contribution in [0, 0.1) is 0 Å². The number of hydrogen-bond donors (Lipinski definition) is 2. The maximum Gasteiger partial charge on any atom is 0.251 e. The largest absolute Gasteiger partial charge is 0.398 e. The van der Waals surface area contributed by atoms with Crippen LogP contribution in [0.25, 0.3) is 0 Å². The van der Waals surface area contributed by atoms with Crippen LogP contribution in [0.5, 0.6) is 0 Å². The fourth-order valence-corrected chi connectivity index (χ4v) is 2.24. The van der Waals surface area contributed by atoms with E-state index in [-0.39, 0.29) is 11.9 Å². The molecule has 0 aliphatic heterocycles. The number of benzene rings is 1. The molecule has 1 aromatic rings. The number of rotatable bonds is 2. The highest BCUT2D eigenvalue weighted by Gasteiger charge is 2.14. The minimum absolute atomic E-state index is 0.0361. The second-order valence-corrected chi connectivity index (χ2v) is 5.05. The van der Waals surface area contributed by atoms with Crippen molar-refractivity contribution in [3.05, 3.63) is 40.4 Å². The number of allylic oxidation sites excluding steroid dienone is 1. The monoisotopic (exact) mass is 294 g/mol. The summed E-state index contributed by atoms with van der Waals surface area (Å²) in [6.45, 7) is 0. The van der Waals surface area contributed by atoms with Gasteiger partial charge in [0.25, 0.3) is 5.91 Å². The molecule has 0 spiro atoms. The lowest BCUT2D eigenvalue weighted by Crippen LogP contribution is -2.35. The van der Waals surface area contributed by atoms with Crippen molar-refractivity contribution in [3.63, 3.8) is 0 Å². The zero-order valence-electron chi connectivity index (χ0n) is 9.45. The van der Waals surface area contributed by atoms with Crippen LogP contribution in [0.2, 0.25) is 0 Å². The first-order valence-electron chi connectivity index (χ1n) is 5.67. The smallest absolute Gasteiger partial charge is 0.251 e. The molecule has 4 heteroatoms. The van der Waals surface area contributed by atoms with Crippen LogP contribution in [0.15, 0.2) is 34.8 Å². The molecular weight excluding hydrogens is 280 g/mol. The summed E-state index contributed by atoms with van der Waals surface area (Å²) in [6, 6.07) is 5.49. The van der Waals surface area contributed by atoms with Crippen LogP contribution in [-0.2, 0) is 0 Å². The van der Waals surface area contributed by atoms with Crippen molar-refractivity contribution in [2.45, 2.75) is 25.3 Å². The summed E-state index contributed by atoms with van der Waals surface area (Å²) >= 11 is 3.32. The first kappa shape index (κ1) is 12.2. The van der Waals surface area contributed by atoms with Crippen LogP contribution in [-0.4, -0.2) is 11.9 Å². The standard InChI is InChI=1S/C13H15BrN2O/c14-11-8-9(6-7-12(11)15)13(17)16-10-4-2-1-3-5-10/h1-2,6-8,10H,3-5,15H2,(H,16,17). The molecule has 3 nitrogen and oxygen atoms in total. The lowest BCUT2D eigenvalue weighted by molar-refractivity contribution is 0.0934. The van der Waals surface area contributed by atoms with E-state index in [0.717, 1.165) is 23.7 Å². The predicted molar refractivity (Wildman–Crippen MR) is 72.8 cm³/mol. The zero-order valence-corrected chi connectivity index (χ0v) is 11.0. The van der Waals surface area contributed by atoms with Gasteiger partial charge in [0.2, 0.25) is 0 Å². The second-order valence-electron chi connectivity index (χ2n) is 4.19. The number of anilines is 1. The molecule has 0 saturated carbocycles. The normalized spacial score (nSPS) is 19.0. The molecule has 1 unspecified atom stereocenters. The van der Waals surface area contributed by atoms with Crippen LogP contribution >= 0.6 is 15.9 Å². The number of hydrogen-bond acceptors (Lipinski definition) is 2. The van der Waals surface area contributed by atoms with E-state index in [1.165, 1.54) is 0 Å². The number of amides is 1. The van der Waals surface area contributed by atoms with Gasteiger partial charge in [0, 0.05) is 21.8 Å². The quantitative estimate of drug-likeness (QED) is 0.651. The Morgan fingerprint density at radius 2 is 2.24 bits per heavy atom. The van der Waals surface area contributed by atoms with Crippen molar-refractivity contribution >= 4 is 27.5 Å². The molecule has 1 aromatic carbocycles. The third-order valence-corrected chi connectivity index (χ3v) is 3.55. The van der Waals surface area contributed by atoms with Gasteiger partial charge in [0.1, 0.15) is 0 Å². The Hall–Kier alpha value is -1.29. The van der Waals surface area contributed by atoms with E-state index < -0.39 is 0 Å². The number of nitrogens with two attached hydrogens (primary N) is 1. The van der Waals surface area contributed by atoms with E-state index in [1.54, 1.807) is 18.2 Å². The van der Waals surface area contributed by atoms with Gasteiger partial charge in [-0.2, -0.15) is 0 Å². The van der Waals surface area contributed by atoms with Gasteiger partial charge in [-0.15, -0.1) is 0 Å². The average Bonchev–Trinajstić information content (AvgIpc) is 2.34. The molecule has 1 aliphatic rings. The molecule has 1 amide bonds. The number of carbonyl (C=O) groups is 1. The Kier molecular flexibility index (Phi) is 3.84. The third kappa shape index (κ3) is 3.09. The van der Waals surface area contributed by atoms with Gasteiger partial charge in [-0.25, -0.2) is 0 Å². The predicted octanol–water partition coefficient (Wildman–Crippen LogP) is 2.87. The summed E-state index contributed by atoms with van der Waals surface area (Å²) in [5.74, 6) is -0.0361. The number of carbonyl (C=O) groups excluding carboxylic acids is 1. The van der Waals surface area contributed by atoms with Crippen molar-refractivity contribution in [1.29, 1.82) is 0 Å². The lowest BCUT2D eigenvalue weighted by Gasteiger charge is -2.19. The summed E-state index contributed by atoms with van der Waals surface area (Å²) in [7, 11) is 0. The molecular formula is C13H15BrN2O. The number of halogens is 1. The molecule has 1 aliphatic carbocycles. The summed E-state index contributed by atoms with van der Waals surface area (Å²) in [5, 5.41) is 3.03. The Bertz CT molecular complexity index is 457. The van der Waals surface area contributed by atoms with Crippen molar-refractivity contribution < 1.29 is 4.79 Å². The van der Waals surface area contributed by atoms with Gasteiger partial charge in [-0.3, -0.25) is 4.79 Å². The molecule has 1 atom stereocenters. The van der Waals surface area contributed by atoms with Crippen molar-refractivity contribution in [3.8, 4) is 0 Å². The summed E-state index contributed by atoms with van der Waals surface area (Å²) < 4.78 is 0.758. The average molecular weight is 295 g/mol. The fraction of sp³-hybridized carbons (Fsp3) is 0.308. The zero-order chi connectivity index (χ0) is 12.3. The van der Waals surface area contributed by atoms with Crippen LogP contribution in [0.1, 0.15) is 29.6 Å². The number of nitrogen functional groups attached to an aromatic ring is 1. The summed E-state index contributed by atoms with van der Waals surface area (Å²) in [5.41, 5.74) is 6.97. The first-order valence-corrected chi connectivity index (χ1v) is 6.47. The fourth-order valence-electron chi connectivity index (χ4n) is 1.86. The highest BCUT2D eigenvalue weighted by Crippen LogP contribution is 2.20. The van der Waals surface area contributed by atoms with Gasteiger partial charge < -0.3 is 11.1 Å². The molecule has 2 rings (SSSR count). The van der Waals surface area contributed by atoms with Gasteiger partial charge >= 0.3 is 0 Å². The Morgan fingerprint density at radius 1 is 1.41 bits per heavy atom. The van der Waals surface area contributed by atoms with E-state index >= 15 is 0 Å². The van der Waals surface area contributed by atoms with E-state index in [1.807, 2.05) is 0 Å². The summed E-state index contributed by atoms with van der Waals surface area (Å²) in [6.07, 6.45) is 7.24. The van der Waals surface area contributed by atoms with Crippen molar-refractivity contribution in [2.75, 3.05) is 5.73 Å². The molecule has 0 aromatic heterocycles. The van der Waals surface area contributed by atoms with Crippen LogP contribution < -0.4 is 11.1 Å². The molecule has 0 fully saturated rings. The topological polar surface area (TPSA) is 55.1 Å². The van der Waals surface area contributed by atoms with Crippen LogP contribution in [0.4, 0.5) is 5.69 Å². The highest BCUT2D eigenvalue weighted by atomic mass is 79.9. The van der Waals surface area contributed by atoms with Crippen molar-refractivity contribution in [2.24, 2.45) is 0 Å². The van der Waals surface area contributed by atoms with Gasteiger partial charge in [-0.1, -0.05) is 12.2 Å². The molecule has 0 heterocycles. The maximum absolute atomic E-state index is 12.0. The van der Waals surface area contributed by atoms with E-state index in [0.29, 0.717) is 11.3 Å². The molecule has 90 valence electrons. The molecule has 0 radical (unpaired) electrons. The summed E-state index contributed by atoms with van der Waals surface area (Å²) in [4.78, 5) is 12.0. The lowest BCUT2D eigenvalue weighted by atomic mass is 10.0. The third-order valence-electron chi connectivity index (χ3n) is 2.87. The maximum atomic E-state index is 12.0. The first-order chi connectivity index (χ1) is 8.16. The molecule has 0 saturated heterocycles. The van der Waals surface area contributed by atoms with E-state index in [9.17, 15) is 4.79 Å². The van der Waals surface area contributed by atoms with Gasteiger partial charge in [0.15, 0.2) is 0 Å². The SMILES string of the molecule is Nc1ccc(C(=O)NC2CC=CCC2)cc1Br. The Balaban J connectivity index is 2.03. The van der Waals surface area contributed by atoms with Crippen molar-refractivity contribution in [1.82, 2.24) is 5.32 Å². The second kappa shape index (κ2) is 5.36.